The Morgan fingerprint density at radius 1 is 0.725 bits per heavy atom. The Bertz CT molecular complexity index is 1940. The van der Waals surface area contributed by atoms with E-state index in [1.807, 2.05) is 66.9 Å². The number of rotatable bonds is 12. The van der Waals surface area contributed by atoms with Crippen molar-refractivity contribution < 1.29 is 13.6 Å². The van der Waals surface area contributed by atoms with Crippen LogP contribution in [0.25, 0.3) is 11.0 Å². The molecule has 0 unspecified atom stereocenters. The molecular weight excluding hydrogens is 667 g/mol. The molecule has 0 radical (unpaired) electrons. The van der Waals surface area contributed by atoms with Crippen molar-refractivity contribution in [2.24, 2.45) is 4.99 Å². The third kappa shape index (κ3) is 8.36. The molecule has 3 heterocycles. The Labute approximate surface area is 305 Å². The van der Waals surface area contributed by atoms with Crippen molar-refractivity contribution in [2.45, 2.75) is 90.3 Å². The van der Waals surface area contributed by atoms with E-state index in [9.17, 15) is 4.79 Å². The Morgan fingerprint density at radius 2 is 1.25 bits per heavy atom. The molecule has 8 nitrogen and oxygen atoms in total. The fraction of sp³-hybridized carbons (Fsp3) is 0.390. The number of fused-ring (bicyclic) bond motifs is 1. The summed E-state index contributed by atoms with van der Waals surface area (Å²) in [4.78, 5) is 33.0. The van der Waals surface area contributed by atoms with E-state index >= 15 is 0 Å². The summed E-state index contributed by atoms with van der Waals surface area (Å²) in [7, 11) is -4.28. The highest BCUT2D eigenvalue weighted by molar-refractivity contribution is 6.74. The standard InChI is InChI=1S/C41H53N5O3Si2/c1-39(2,3)50(8,9)48-27-41(7,28-49-51(10,11)40(4,5)6)46-26-35(34-25-43-29-44-38(34)46)37(47)32-22-33(24-42-23-32)45-36(30-18-14-12-15-19-30)31-20-16-13-17-21-31/h12-26,29H,27-28H2,1-11H3. The first-order chi connectivity index (χ1) is 23.8. The van der Waals surface area contributed by atoms with Crippen LogP contribution in [0.3, 0.4) is 0 Å². The van der Waals surface area contributed by atoms with Gasteiger partial charge in [-0.05, 0) is 49.3 Å². The molecule has 0 saturated carbocycles. The molecule has 268 valence electrons. The average Bonchev–Trinajstić information content (AvgIpc) is 3.49. The van der Waals surface area contributed by atoms with Crippen molar-refractivity contribution in [2.75, 3.05) is 13.2 Å². The van der Waals surface area contributed by atoms with Crippen molar-refractivity contribution in [3.8, 4) is 0 Å². The highest BCUT2D eigenvalue weighted by Crippen LogP contribution is 2.40. The molecule has 3 aromatic heterocycles. The first-order valence-corrected chi connectivity index (χ1v) is 23.4. The van der Waals surface area contributed by atoms with E-state index < -0.39 is 22.2 Å². The van der Waals surface area contributed by atoms with Gasteiger partial charge < -0.3 is 13.4 Å². The Hall–Kier alpha value is -4.10. The summed E-state index contributed by atoms with van der Waals surface area (Å²) in [6.45, 7) is 25.5. The number of carbonyl (C=O) groups is 1. The molecule has 0 fully saturated rings. The highest BCUT2D eigenvalue weighted by Gasteiger charge is 2.43. The average molecular weight is 720 g/mol. The Balaban J connectivity index is 1.58. The van der Waals surface area contributed by atoms with Crippen LogP contribution in [0, 0.1) is 0 Å². The molecule has 0 saturated heterocycles. The first-order valence-electron chi connectivity index (χ1n) is 17.6. The Morgan fingerprint density at radius 3 is 1.76 bits per heavy atom. The molecule has 0 N–H and O–H groups in total. The molecule has 0 bridgehead atoms. The number of benzene rings is 2. The van der Waals surface area contributed by atoms with Crippen LogP contribution in [0.15, 0.2) is 103 Å². The van der Waals surface area contributed by atoms with E-state index in [4.69, 9.17) is 18.8 Å². The third-order valence-electron chi connectivity index (χ3n) is 10.7. The summed E-state index contributed by atoms with van der Waals surface area (Å²) >= 11 is 0. The van der Waals surface area contributed by atoms with Gasteiger partial charge in [0.25, 0.3) is 0 Å². The summed E-state index contributed by atoms with van der Waals surface area (Å²) in [5.41, 5.74) is 4.24. The monoisotopic (exact) mass is 719 g/mol. The zero-order valence-corrected chi connectivity index (χ0v) is 34.1. The van der Waals surface area contributed by atoms with E-state index in [2.05, 4.69) is 89.2 Å². The molecule has 0 spiro atoms. The molecule has 5 rings (SSSR count). The van der Waals surface area contributed by atoms with Gasteiger partial charge in [-0.3, -0.25) is 9.78 Å². The zero-order chi connectivity index (χ0) is 37.2. The second-order valence-electron chi connectivity index (χ2n) is 16.7. The molecule has 0 aliphatic carbocycles. The first kappa shape index (κ1) is 38.1. The van der Waals surface area contributed by atoms with Gasteiger partial charge in [0, 0.05) is 40.7 Å². The molecule has 0 amide bonds. The van der Waals surface area contributed by atoms with Gasteiger partial charge in [0.05, 0.1) is 41.9 Å². The van der Waals surface area contributed by atoms with Crippen LogP contribution in [-0.4, -0.2) is 60.9 Å². The fourth-order valence-electron chi connectivity index (χ4n) is 5.23. The minimum atomic E-state index is -2.14. The molecule has 2 aromatic carbocycles. The number of pyridine rings is 1. The van der Waals surface area contributed by atoms with Crippen LogP contribution in [0.1, 0.15) is 75.5 Å². The van der Waals surface area contributed by atoms with Crippen LogP contribution in [-0.2, 0) is 14.4 Å². The molecule has 5 aromatic rings. The van der Waals surface area contributed by atoms with E-state index in [0.717, 1.165) is 16.8 Å². The molecule has 0 atom stereocenters. The molecule has 51 heavy (non-hydrogen) atoms. The lowest BCUT2D eigenvalue weighted by Gasteiger charge is -2.43. The van der Waals surface area contributed by atoms with E-state index in [0.29, 0.717) is 41.1 Å². The van der Waals surface area contributed by atoms with Gasteiger partial charge >= 0.3 is 0 Å². The molecular formula is C41H53N5O3Si2. The lowest BCUT2D eigenvalue weighted by Crippen LogP contribution is -2.51. The minimum absolute atomic E-state index is 0.0254. The van der Waals surface area contributed by atoms with Gasteiger partial charge in [0.15, 0.2) is 22.4 Å². The molecule has 10 heteroatoms. The molecule has 0 aliphatic heterocycles. The van der Waals surface area contributed by atoms with E-state index in [-0.39, 0.29) is 15.9 Å². The minimum Gasteiger partial charge on any atom is -0.414 e. The fourth-order valence-corrected chi connectivity index (χ4v) is 7.44. The van der Waals surface area contributed by atoms with Crippen molar-refractivity contribution in [1.82, 2.24) is 19.5 Å². The quantitative estimate of drug-likeness (QED) is 0.0724. The normalized spacial score (nSPS) is 13.0. The molecule has 0 aliphatic rings. The topological polar surface area (TPSA) is 91.5 Å². The van der Waals surface area contributed by atoms with Crippen molar-refractivity contribution in [3.05, 3.63) is 120 Å². The van der Waals surface area contributed by atoms with Gasteiger partial charge in [0.2, 0.25) is 0 Å². The third-order valence-corrected chi connectivity index (χ3v) is 19.7. The lowest BCUT2D eigenvalue weighted by molar-refractivity contribution is 0.0895. The maximum Gasteiger partial charge on any atom is 0.196 e. The largest absolute Gasteiger partial charge is 0.414 e. The summed E-state index contributed by atoms with van der Waals surface area (Å²) in [5, 5.41) is 0.714. The second-order valence-corrected chi connectivity index (χ2v) is 26.3. The van der Waals surface area contributed by atoms with Gasteiger partial charge in [0.1, 0.15) is 12.0 Å². The van der Waals surface area contributed by atoms with Crippen LogP contribution in [0.2, 0.25) is 36.3 Å². The number of hydrogen-bond acceptors (Lipinski definition) is 7. The van der Waals surface area contributed by atoms with Gasteiger partial charge in [-0.25, -0.2) is 15.0 Å². The SMILES string of the molecule is CC(CO[Si](C)(C)C(C)(C)C)(CO[Si](C)(C)C(C)(C)C)n1cc(C(=O)c2cncc(N=C(c3ccccc3)c3ccccc3)c2)c2cncnc21. The summed E-state index contributed by atoms with van der Waals surface area (Å²) in [6.07, 6.45) is 8.43. The van der Waals surface area contributed by atoms with E-state index in [1.54, 1.807) is 24.7 Å². The van der Waals surface area contributed by atoms with Gasteiger partial charge in [-0.2, -0.15) is 0 Å². The van der Waals surface area contributed by atoms with Crippen LogP contribution < -0.4 is 0 Å². The van der Waals surface area contributed by atoms with E-state index in [1.165, 1.54) is 6.33 Å². The number of nitrogens with zero attached hydrogens (tertiary/aromatic N) is 5. The number of aromatic nitrogens is 4. The van der Waals surface area contributed by atoms with Gasteiger partial charge in [-0.15, -0.1) is 0 Å². The van der Waals surface area contributed by atoms with Crippen molar-refractivity contribution >= 4 is 44.9 Å². The summed E-state index contributed by atoms with van der Waals surface area (Å²) in [5.74, 6) is -0.183. The number of hydrogen-bond donors (Lipinski definition) is 0. The lowest BCUT2D eigenvalue weighted by atomic mass is 10.0. The summed E-state index contributed by atoms with van der Waals surface area (Å²) < 4.78 is 15.9. The zero-order valence-electron chi connectivity index (χ0n) is 32.1. The maximum atomic E-state index is 14.5. The Kier molecular flexibility index (Phi) is 10.8. The maximum absolute atomic E-state index is 14.5. The number of carbonyl (C=O) groups excluding carboxylic acids is 1. The second kappa shape index (κ2) is 14.5. The number of ketones is 1. The number of aliphatic imine (C=N–C) groups is 1. The predicted octanol–water partition coefficient (Wildman–Crippen LogP) is 9.99. The van der Waals surface area contributed by atoms with Crippen LogP contribution >= 0.6 is 0 Å². The summed E-state index contributed by atoms with van der Waals surface area (Å²) in [6, 6.07) is 21.9. The predicted molar refractivity (Wildman–Crippen MR) is 213 cm³/mol. The van der Waals surface area contributed by atoms with Crippen molar-refractivity contribution in [3.63, 3.8) is 0 Å². The van der Waals surface area contributed by atoms with Crippen molar-refractivity contribution in [1.29, 1.82) is 0 Å². The highest BCUT2D eigenvalue weighted by atomic mass is 28.4. The van der Waals surface area contributed by atoms with Gasteiger partial charge in [-0.1, -0.05) is 102 Å². The van der Waals surface area contributed by atoms with Crippen LogP contribution in [0.4, 0.5) is 5.69 Å². The van der Waals surface area contributed by atoms with Crippen LogP contribution in [0.5, 0.6) is 0 Å². The smallest absolute Gasteiger partial charge is 0.196 e.